The van der Waals surface area contributed by atoms with Crippen LogP contribution in [-0.4, -0.2) is 91.2 Å². The number of carbonyl (C=O) groups is 3. The van der Waals surface area contributed by atoms with Crippen LogP contribution >= 0.6 is 26.7 Å². The summed E-state index contributed by atoms with van der Waals surface area (Å²) in [6, 6.07) is 6.99. The summed E-state index contributed by atoms with van der Waals surface area (Å²) in [6.07, 6.45) is 8.56. The second kappa shape index (κ2) is 15.1. The van der Waals surface area contributed by atoms with E-state index in [-0.39, 0.29) is 53.0 Å². The zero-order valence-corrected chi connectivity index (χ0v) is 32.9. The SMILES string of the molecule is CC(C)(C)OC(=O)N1CCC2(CC1)CC2C(=O)Nc1ccc(P(C)(C)=O)nc1.CP(C)(=O)c1ccc(NC(=O)C2CC23CCNCC3)cn1.Cl. The van der Waals surface area contributed by atoms with Crippen LogP contribution in [0.1, 0.15) is 59.3 Å². The molecule has 2 aliphatic carbocycles. The van der Waals surface area contributed by atoms with E-state index in [9.17, 15) is 23.5 Å². The molecule has 0 radical (unpaired) electrons. The fraction of sp³-hybridized carbons (Fsp3) is 0.629. The van der Waals surface area contributed by atoms with Gasteiger partial charge < -0.3 is 34.7 Å². The minimum atomic E-state index is -2.40. The Bertz CT molecular complexity index is 1640. The van der Waals surface area contributed by atoms with Gasteiger partial charge in [-0.3, -0.25) is 19.6 Å². The van der Waals surface area contributed by atoms with Gasteiger partial charge in [-0.05, 0) is 134 Å². The molecular formula is C35H53ClN6O6P2. The maximum absolute atomic E-state index is 12.6. The molecule has 0 bridgehead atoms. The number of hydrogen-bond donors (Lipinski definition) is 3. The number of amides is 3. The minimum absolute atomic E-state index is 0. The molecule has 4 aliphatic rings. The Morgan fingerprint density at radius 1 is 0.780 bits per heavy atom. The highest BCUT2D eigenvalue weighted by atomic mass is 35.5. The summed E-state index contributed by atoms with van der Waals surface area (Å²) in [6.45, 7) is 15.6. The van der Waals surface area contributed by atoms with Gasteiger partial charge in [-0.25, -0.2) is 4.79 Å². The van der Waals surface area contributed by atoms with E-state index in [2.05, 4.69) is 25.9 Å². The molecule has 2 saturated heterocycles. The molecule has 276 valence electrons. The molecule has 4 heterocycles. The fourth-order valence-electron chi connectivity index (χ4n) is 6.94. The van der Waals surface area contributed by atoms with E-state index in [0.29, 0.717) is 35.3 Å². The number of piperidine rings is 2. The van der Waals surface area contributed by atoms with Crippen molar-refractivity contribution in [2.45, 2.75) is 64.9 Å². The van der Waals surface area contributed by atoms with Crippen LogP contribution in [0.5, 0.6) is 0 Å². The quantitative estimate of drug-likeness (QED) is 0.330. The number of carbonyl (C=O) groups excluding carboxylic acids is 3. The Morgan fingerprint density at radius 2 is 1.20 bits per heavy atom. The van der Waals surface area contributed by atoms with Crippen LogP contribution < -0.4 is 26.8 Å². The Morgan fingerprint density at radius 3 is 1.56 bits per heavy atom. The lowest BCUT2D eigenvalue weighted by Gasteiger charge is -2.34. The minimum Gasteiger partial charge on any atom is -0.444 e. The Hall–Kier alpha value is -2.78. The van der Waals surface area contributed by atoms with Crippen molar-refractivity contribution in [3.05, 3.63) is 36.7 Å². The highest BCUT2D eigenvalue weighted by molar-refractivity contribution is 7.70. The topological polar surface area (TPSA) is 160 Å². The van der Waals surface area contributed by atoms with Gasteiger partial charge in [0, 0.05) is 24.9 Å². The molecule has 2 aliphatic heterocycles. The van der Waals surface area contributed by atoms with Gasteiger partial charge in [-0.1, -0.05) is 0 Å². The number of nitrogens with zero attached hydrogens (tertiary/aromatic N) is 3. The van der Waals surface area contributed by atoms with Crippen molar-refractivity contribution in [1.82, 2.24) is 20.2 Å². The average molecular weight is 751 g/mol. The molecule has 0 aromatic carbocycles. The molecule has 50 heavy (non-hydrogen) atoms. The fourth-order valence-corrected chi connectivity index (χ4v) is 8.48. The highest BCUT2D eigenvalue weighted by Gasteiger charge is 2.59. The van der Waals surface area contributed by atoms with Gasteiger partial charge >= 0.3 is 6.09 Å². The van der Waals surface area contributed by atoms with Gasteiger partial charge in [-0.2, -0.15) is 0 Å². The van der Waals surface area contributed by atoms with Crippen LogP contribution in [0.4, 0.5) is 16.2 Å². The number of pyridine rings is 2. The lowest BCUT2D eigenvalue weighted by Crippen LogP contribution is -2.42. The van der Waals surface area contributed by atoms with Crippen molar-refractivity contribution < 1.29 is 28.3 Å². The standard InChI is InChI=1S/C20H30N3O4P.C15H22N3O2P.ClH/c1-19(2,3)27-18(25)23-10-8-20(9-11-23)12-15(20)17(24)22-14-6-7-16(21-13-14)28(4,5)26;1-21(2,20)13-4-3-11(10-17-13)18-14(19)12-9-15(12)5-7-16-8-6-15;/h6-7,13,15H,8-12H2,1-5H3,(H,22,24);3-4,10,12,16H,5-9H2,1-2H3,(H,18,19);1H. The van der Waals surface area contributed by atoms with Crippen molar-refractivity contribution in [3.8, 4) is 0 Å². The predicted octanol–water partition coefficient (Wildman–Crippen LogP) is 5.38. The lowest BCUT2D eigenvalue weighted by atomic mass is 9.91. The summed E-state index contributed by atoms with van der Waals surface area (Å²) < 4.78 is 29.4. The third kappa shape index (κ3) is 9.96. The summed E-state index contributed by atoms with van der Waals surface area (Å²) in [5.74, 6) is 0.207. The van der Waals surface area contributed by atoms with E-state index in [1.807, 2.05) is 20.8 Å². The van der Waals surface area contributed by atoms with Crippen molar-refractivity contribution in [2.75, 3.05) is 63.5 Å². The molecule has 15 heteroatoms. The van der Waals surface area contributed by atoms with E-state index in [0.717, 1.165) is 51.6 Å². The highest BCUT2D eigenvalue weighted by Crippen LogP contribution is 2.60. The molecule has 2 saturated carbocycles. The molecule has 2 aromatic heterocycles. The van der Waals surface area contributed by atoms with Gasteiger partial charge in [-0.15, -0.1) is 12.4 Å². The molecule has 2 aromatic rings. The van der Waals surface area contributed by atoms with Crippen LogP contribution in [0.2, 0.25) is 0 Å². The monoisotopic (exact) mass is 750 g/mol. The van der Waals surface area contributed by atoms with Crippen LogP contribution in [0.25, 0.3) is 0 Å². The van der Waals surface area contributed by atoms with Crippen LogP contribution in [-0.2, 0) is 23.5 Å². The van der Waals surface area contributed by atoms with E-state index < -0.39 is 19.9 Å². The third-order valence-electron chi connectivity index (χ3n) is 10.2. The third-order valence-corrected chi connectivity index (χ3v) is 12.9. The van der Waals surface area contributed by atoms with Crippen molar-refractivity contribution >= 4 is 66.8 Å². The first-order valence-corrected chi connectivity index (χ1v) is 22.3. The van der Waals surface area contributed by atoms with Gasteiger partial charge in [0.25, 0.3) is 0 Å². The summed E-state index contributed by atoms with van der Waals surface area (Å²) >= 11 is 0. The van der Waals surface area contributed by atoms with Gasteiger partial charge in [0.05, 0.1) is 34.6 Å². The van der Waals surface area contributed by atoms with Crippen LogP contribution in [0.3, 0.4) is 0 Å². The number of likely N-dealkylation sites (tertiary alicyclic amines) is 1. The molecule has 3 amide bonds. The lowest BCUT2D eigenvalue weighted by molar-refractivity contribution is -0.119. The van der Waals surface area contributed by atoms with E-state index in [1.165, 1.54) is 0 Å². The van der Waals surface area contributed by atoms with Crippen molar-refractivity contribution in [1.29, 1.82) is 0 Å². The number of halogens is 1. The van der Waals surface area contributed by atoms with Gasteiger partial charge in [0.2, 0.25) is 11.8 Å². The number of hydrogen-bond acceptors (Lipinski definition) is 9. The number of rotatable bonds is 6. The zero-order chi connectivity index (χ0) is 35.8. The molecule has 6 rings (SSSR count). The summed E-state index contributed by atoms with van der Waals surface area (Å²) in [4.78, 5) is 47.3. The van der Waals surface area contributed by atoms with Crippen molar-refractivity contribution in [2.24, 2.45) is 22.7 Å². The average Bonchev–Trinajstić information content (AvgIpc) is 3.92. The largest absolute Gasteiger partial charge is 0.444 e. The van der Waals surface area contributed by atoms with Gasteiger partial charge in [0.1, 0.15) is 19.9 Å². The molecule has 2 unspecified atom stereocenters. The summed E-state index contributed by atoms with van der Waals surface area (Å²) in [5.41, 5.74) is 2.21. The number of ether oxygens (including phenoxy) is 1. The second-order valence-electron chi connectivity index (χ2n) is 15.9. The zero-order valence-electron chi connectivity index (χ0n) is 30.3. The Kier molecular flexibility index (Phi) is 12.0. The molecule has 2 atom stereocenters. The molecule has 4 fully saturated rings. The Labute approximate surface area is 302 Å². The summed E-state index contributed by atoms with van der Waals surface area (Å²) in [5, 5.41) is 9.21. The maximum atomic E-state index is 12.6. The first-order valence-electron chi connectivity index (χ1n) is 17.1. The molecule has 12 nitrogen and oxygen atoms in total. The normalized spacial score (nSPS) is 21.9. The Balaban J connectivity index is 0.000000229. The van der Waals surface area contributed by atoms with E-state index in [4.69, 9.17) is 4.74 Å². The molecule has 3 N–H and O–H groups in total. The first-order chi connectivity index (χ1) is 22.8. The van der Waals surface area contributed by atoms with Crippen LogP contribution in [0.15, 0.2) is 36.7 Å². The maximum Gasteiger partial charge on any atom is 0.410 e. The number of anilines is 2. The van der Waals surface area contributed by atoms with E-state index >= 15 is 0 Å². The van der Waals surface area contributed by atoms with Crippen molar-refractivity contribution in [3.63, 3.8) is 0 Å². The summed E-state index contributed by atoms with van der Waals surface area (Å²) in [7, 11) is -4.74. The smallest absolute Gasteiger partial charge is 0.410 e. The first kappa shape index (κ1) is 40.0. The predicted molar refractivity (Wildman–Crippen MR) is 201 cm³/mol. The molecule has 2 spiro atoms. The van der Waals surface area contributed by atoms with Crippen LogP contribution in [0, 0.1) is 22.7 Å². The number of aromatic nitrogens is 2. The number of nitrogens with one attached hydrogen (secondary N) is 3. The van der Waals surface area contributed by atoms with Gasteiger partial charge in [0.15, 0.2) is 0 Å². The molecular weight excluding hydrogens is 698 g/mol. The van der Waals surface area contributed by atoms with E-state index in [1.54, 1.807) is 68.2 Å². The second-order valence-corrected chi connectivity index (χ2v) is 22.3.